The normalized spacial score (nSPS) is 27.0. The number of methoxy groups -OCH3 is 2. The van der Waals surface area contributed by atoms with E-state index >= 15 is 0 Å². The summed E-state index contributed by atoms with van der Waals surface area (Å²) in [4.78, 5) is 67.9. The predicted molar refractivity (Wildman–Crippen MR) is 269 cm³/mol. The van der Waals surface area contributed by atoms with E-state index in [2.05, 4.69) is 98.8 Å². The minimum atomic E-state index is -0.707. The van der Waals surface area contributed by atoms with Gasteiger partial charge in [0.25, 0.3) is 0 Å². The second-order valence-electron chi connectivity index (χ2n) is 20.2. The Morgan fingerprint density at radius 2 is 1.29 bits per heavy atom. The molecular weight excluding hydrogens is 889 g/mol. The van der Waals surface area contributed by atoms with Gasteiger partial charge in [0.2, 0.25) is 11.8 Å². The van der Waals surface area contributed by atoms with Crippen molar-refractivity contribution in [3.05, 3.63) is 78.2 Å². The molecule has 4 aliphatic rings. The quantitative estimate of drug-likeness (QED) is 0.0788. The number of aliphatic imine (C=N–C) groups is 1. The molecule has 4 amide bonds. The lowest BCUT2D eigenvalue weighted by molar-refractivity contribution is -0.140. The van der Waals surface area contributed by atoms with Crippen LogP contribution in [0.3, 0.4) is 0 Å². The van der Waals surface area contributed by atoms with Gasteiger partial charge in [-0.2, -0.15) is 0 Å². The minimum Gasteiger partial charge on any atom is -0.453 e. The zero-order chi connectivity index (χ0) is 49.6. The van der Waals surface area contributed by atoms with Crippen LogP contribution in [0.15, 0.2) is 71.9 Å². The molecule has 0 aliphatic carbocycles. The Hall–Kier alpha value is -5.84. The molecule has 70 heavy (non-hydrogen) atoms. The Bertz CT molecular complexity index is 2490. The highest BCUT2D eigenvalue weighted by atomic mass is 16.5. The molecule has 16 nitrogen and oxygen atoms in total. The largest absolute Gasteiger partial charge is 0.453 e. The number of aromatic nitrogens is 2. The van der Waals surface area contributed by atoms with Crippen LogP contribution in [-0.4, -0.2) is 126 Å². The predicted octanol–water partition coefficient (Wildman–Crippen LogP) is 7.68. The molecule has 4 aromatic rings. The van der Waals surface area contributed by atoms with Crippen LogP contribution >= 0.6 is 0 Å². The number of H-pyrrole nitrogens is 1. The van der Waals surface area contributed by atoms with Crippen molar-refractivity contribution in [2.75, 3.05) is 20.8 Å². The zero-order valence-electron chi connectivity index (χ0n) is 42.0. The number of fused-ring (bicyclic) bond motifs is 1. The molecule has 8 rings (SSSR count). The van der Waals surface area contributed by atoms with E-state index in [4.69, 9.17) is 23.9 Å². The topological polar surface area (TPSA) is 198 Å². The third kappa shape index (κ3) is 12.0. The van der Waals surface area contributed by atoms with Gasteiger partial charge < -0.3 is 44.8 Å². The van der Waals surface area contributed by atoms with Crippen molar-refractivity contribution in [2.45, 2.75) is 160 Å². The zero-order valence-corrected chi connectivity index (χ0v) is 42.0. The third-order valence-corrected chi connectivity index (χ3v) is 14.8. The monoisotopic (exact) mass is 961 g/mol. The maximum Gasteiger partial charge on any atom is 0.407 e. The van der Waals surface area contributed by atoms with E-state index in [1.54, 1.807) is 0 Å². The molecule has 0 saturated carbocycles. The number of ether oxygens (including phenoxy) is 4. The van der Waals surface area contributed by atoms with Crippen LogP contribution < -0.4 is 21.3 Å². The Labute approximate surface area is 411 Å². The lowest BCUT2D eigenvalue weighted by Crippen LogP contribution is -2.58. The molecule has 5 N–H and O–H groups in total. The van der Waals surface area contributed by atoms with E-state index < -0.39 is 24.3 Å². The fourth-order valence-electron chi connectivity index (χ4n) is 11.4. The molecule has 3 aromatic carbocycles. The van der Waals surface area contributed by atoms with Gasteiger partial charge >= 0.3 is 12.2 Å². The standard InChI is InChI=1S/C54H72N8O8/c1-30(57-51(63)48(60-53(65)67-7)42-22-32(3)69-33(4)23-42)10-9-11-47-55-28-45(58-47)41-20-19-39-26-38(17-18-40(39)27-41)36-13-15-37(16-14-36)44-29-56-50(59-44)46-21-12-31(2)62(46)52(64)49(61-54(66)68-8)43-24-34(5)70-35(6)25-43/h13-20,26-28,30-35,42-43,46,48-50,56H,9-12,21-25,29H2,1-8H3,(H,55,58)(H,57,63)(H,60,65)(H,61,66). The van der Waals surface area contributed by atoms with Gasteiger partial charge in [-0.25, -0.2) is 14.6 Å². The summed E-state index contributed by atoms with van der Waals surface area (Å²) in [6.07, 6.45) is 7.09. The molecule has 376 valence electrons. The number of carbonyl (C=O) groups is 4. The first-order valence-corrected chi connectivity index (χ1v) is 25.3. The Morgan fingerprint density at radius 1 is 0.729 bits per heavy atom. The fraction of sp³-hybridized carbons (Fsp3) is 0.556. The number of likely N-dealkylation sites (tertiary alicyclic amines) is 1. The molecule has 10 unspecified atom stereocenters. The van der Waals surface area contributed by atoms with E-state index in [1.807, 2.05) is 45.7 Å². The molecule has 1 aromatic heterocycles. The van der Waals surface area contributed by atoms with Crippen molar-refractivity contribution in [2.24, 2.45) is 16.8 Å². The van der Waals surface area contributed by atoms with Gasteiger partial charge in [-0.3, -0.25) is 19.9 Å². The summed E-state index contributed by atoms with van der Waals surface area (Å²) < 4.78 is 21.7. The lowest BCUT2D eigenvalue weighted by atomic mass is 9.85. The molecule has 4 aliphatic heterocycles. The number of imidazole rings is 1. The third-order valence-electron chi connectivity index (χ3n) is 14.8. The number of rotatable bonds is 15. The van der Waals surface area contributed by atoms with Crippen LogP contribution in [0.5, 0.6) is 0 Å². The van der Waals surface area contributed by atoms with E-state index in [9.17, 15) is 19.2 Å². The number of hydrogen-bond donors (Lipinski definition) is 5. The molecule has 0 radical (unpaired) electrons. The second-order valence-corrected chi connectivity index (χ2v) is 20.2. The van der Waals surface area contributed by atoms with E-state index in [1.165, 1.54) is 14.2 Å². The number of alkyl carbamates (subject to hydrolysis) is 2. The summed E-state index contributed by atoms with van der Waals surface area (Å²) in [6, 6.07) is 19.9. The van der Waals surface area contributed by atoms with Gasteiger partial charge in [-0.15, -0.1) is 0 Å². The Kier molecular flexibility index (Phi) is 16.2. The molecule has 3 saturated heterocycles. The van der Waals surface area contributed by atoms with Crippen LogP contribution in [0.25, 0.3) is 33.2 Å². The van der Waals surface area contributed by atoms with Crippen LogP contribution in [0.2, 0.25) is 0 Å². The molecule has 16 heteroatoms. The van der Waals surface area contributed by atoms with E-state index in [0.717, 1.165) is 82.4 Å². The van der Waals surface area contributed by atoms with Crippen LogP contribution in [-0.2, 0) is 35.0 Å². The van der Waals surface area contributed by atoms with Crippen molar-refractivity contribution in [3.8, 4) is 22.4 Å². The molecule has 10 atom stereocenters. The van der Waals surface area contributed by atoms with Gasteiger partial charge in [0.05, 0.1) is 62.3 Å². The highest BCUT2D eigenvalue weighted by Crippen LogP contribution is 2.35. The first-order valence-electron chi connectivity index (χ1n) is 25.3. The van der Waals surface area contributed by atoms with Crippen molar-refractivity contribution >= 4 is 40.5 Å². The summed E-state index contributed by atoms with van der Waals surface area (Å²) in [6.45, 7) is 12.7. The number of amides is 4. The SMILES string of the molecule is COC(=O)NC(C(=O)NC(C)CCCc1ncc(-c2ccc3cc(-c4ccc(C5=NC(C6CCC(C)N6C(=O)C(NC(=O)OC)C6CC(C)OC(C)C6)NC5)cc4)ccc3c2)[nH]1)C1CC(C)OC(C)C1. The number of nitrogens with one attached hydrogen (secondary N) is 5. The number of benzene rings is 3. The molecule has 3 fully saturated rings. The first-order chi connectivity index (χ1) is 33.7. The molecule has 0 bridgehead atoms. The maximum absolute atomic E-state index is 14.4. The van der Waals surface area contributed by atoms with Crippen molar-refractivity contribution < 1.29 is 38.1 Å². The number of hydrogen-bond acceptors (Lipinski definition) is 11. The minimum absolute atomic E-state index is 0.00293. The average molecular weight is 961 g/mol. The Balaban J connectivity index is 0.858. The fourth-order valence-corrected chi connectivity index (χ4v) is 11.4. The number of aromatic amines is 1. The van der Waals surface area contributed by atoms with Crippen molar-refractivity contribution in [1.29, 1.82) is 0 Å². The molecule has 0 spiro atoms. The summed E-state index contributed by atoms with van der Waals surface area (Å²) >= 11 is 0. The summed E-state index contributed by atoms with van der Waals surface area (Å²) in [5, 5.41) is 14.6. The van der Waals surface area contributed by atoms with Gasteiger partial charge in [-0.1, -0.05) is 48.5 Å². The van der Waals surface area contributed by atoms with Gasteiger partial charge in [0, 0.05) is 30.6 Å². The summed E-state index contributed by atoms with van der Waals surface area (Å²) in [5.41, 5.74) is 6.22. The first kappa shape index (κ1) is 50.5. The van der Waals surface area contributed by atoms with Crippen molar-refractivity contribution in [1.82, 2.24) is 36.1 Å². The van der Waals surface area contributed by atoms with Crippen molar-refractivity contribution in [3.63, 3.8) is 0 Å². The van der Waals surface area contributed by atoms with Gasteiger partial charge in [-0.05, 0) is 144 Å². The maximum atomic E-state index is 14.4. The van der Waals surface area contributed by atoms with Crippen LogP contribution in [0.1, 0.15) is 104 Å². The van der Waals surface area contributed by atoms with E-state index in [-0.39, 0.29) is 72.4 Å². The average Bonchev–Trinajstić information content (AvgIpc) is 4.12. The lowest BCUT2D eigenvalue weighted by Gasteiger charge is -2.40. The number of carbonyl (C=O) groups excluding carboxylic acids is 4. The highest BCUT2D eigenvalue weighted by Gasteiger charge is 2.46. The molecule has 5 heterocycles. The summed E-state index contributed by atoms with van der Waals surface area (Å²) in [5.74, 6) is 0.481. The smallest absolute Gasteiger partial charge is 0.407 e. The van der Waals surface area contributed by atoms with Gasteiger partial charge in [0.15, 0.2) is 0 Å². The Morgan fingerprint density at radius 3 is 1.91 bits per heavy atom. The second kappa shape index (κ2) is 22.5. The highest BCUT2D eigenvalue weighted by molar-refractivity contribution is 6.03. The summed E-state index contributed by atoms with van der Waals surface area (Å²) in [7, 11) is 2.63. The van der Waals surface area contributed by atoms with Crippen LogP contribution in [0, 0.1) is 11.8 Å². The number of aryl methyl sites for hydroxylation is 1. The van der Waals surface area contributed by atoms with Crippen LogP contribution in [0.4, 0.5) is 9.59 Å². The van der Waals surface area contributed by atoms with E-state index in [0.29, 0.717) is 32.2 Å². The molecular formula is C54H72N8O8. The number of nitrogens with zero attached hydrogens (tertiary/aromatic N) is 3. The van der Waals surface area contributed by atoms with Gasteiger partial charge in [0.1, 0.15) is 24.1 Å².